The second-order valence-electron chi connectivity index (χ2n) is 4.75. The van der Waals surface area contributed by atoms with Crippen molar-refractivity contribution in [3.63, 3.8) is 0 Å². The van der Waals surface area contributed by atoms with Gasteiger partial charge in [-0.1, -0.05) is 0 Å². The van der Waals surface area contributed by atoms with Crippen molar-refractivity contribution in [2.75, 3.05) is 11.9 Å². The average Bonchev–Trinajstić information content (AvgIpc) is 2.93. The second-order valence-corrected chi connectivity index (χ2v) is 4.75. The lowest BCUT2D eigenvalue weighted by molar-refractivity contribution is -0.136. The van der Waals surface area contributed by atoms with Gasteiger partial charge in [-0.15, -0.1) is 0 Å². The van der Waals surface area contributed by atoms with E-state index >= 15 is 0 Å². The van der Waals surface area contributed by atoms with Crippen LogP contribution in [0.1, 0.15) is 17.6 Å². The maximum absolute atomic E-state index is 13.4. The van der Waals surface area contributed by atoms with Crippen LogP contribution >= 0.6 is 0 Å². The van der Waals surface area contributed by atoms with E-state index in [4.69, 9.17) is 4.42 Å². The Morgan fingerprint density at radius 1 is 1.22 bits per heavy atom. The zero-order chi connectivity index (χ0) is 17.0. The van der Waals surface area contributed by atoms with Gasteiger partial charge in [0.1, 0.15) is 29.3 Å². The first-order valence-electron chi connectivity index (χ1n) is 6.65. The van der Waals surface area contributed by atoms with Gasteiger partial charge >= 0.3 is 11.8 Å². The van der Waals surface area contributed by atoms with Crippen LogP contribution in [0.5, 0.6) is 0 Å². The van der Waals surface area contributed by atoms with Crippen LogP contribution in [0.3, 0.4) is 0 Å². The molecule has 0 aliphatic carbocycles. The SMILES string of the molecule is Cc1ccc(C(O)CNC(=O)C(=O)Nc2ccc(F)cc2F)o1. The predicted octanol–water partition coefficient (Wildman–Crippen LogP) is 1.65. The van der Waals surface area contributed by atoms with Gasteiger partial charge in [-0.3, -0.25) is 9.59 Å². The summed E-state index contributed by atoms with van der Waals surface area (Å²) in [7, 11) is 0. The van der Waals surface area contributed by atoms with E-state index in [1.165, 1.54) is 0 Å². The first kappa shape index (κ1) is 16.6. The number of rotatable bonds is 4. The third kappa shape index (κ3) is 4.36. The normalized spacial score (nSPS) is 11.8. The second kappa shape index (κ2) is 7.01. The van der Waals surface area contributed by atoms with Crippen molar-refractivity contribution < 1.29 is 27.9 Å². The lowest BCUT2D eigenvalue weighted by Gasteiger charge is -2.10. The quantitative estimate of drug-likeness (QED) is 0.746. The molecule has 1 heterocycles. The summed E-state index contributed by atoms with van der Waals surface area (Å²) in [6.07, 6.45) is -1.12. The summed E-state index contributed by atoms with van der Waals surface area (Å²) >= 11 is 0. The minimum atomic E-state index is -1.14. The lowest BCUT2D eigenvalue weighted by atomic mass is 10.2. The highest BCUT2D eigenvalue weighted by molar-refractivity contribution is 6.39. The molecule has 3 N–H and O–H groups in total. The zero-order valence-electron chi connectivity index (χ0n) is 12.1. The van der Waals surface area contributed by atoms with Gasteiger partial charge in [-0.05, 0) is 31.2 Å². The molecule has 0 aliphatic heterocycles. The molecular formula is C15H14F2N2O4. The topological polar surface area (TPSA) is 91.6 Å². The maximum atomic E-state index is 13.4. The first-order chi connectivity index (χ1) is 10.9. The molecule has 1 aromatic heterocycles. The van der Waals surface area contributed by atoms with E-state index in [1.807, 2.05) is 5.32 Å². The Balaban J connectivity index is 1.88. The minimum Gasteiger partial charge on any atom is -0.464 e. The summed E-state index contributed by atoms with van der Waals surface area (Å²) in [6.45, 7) is 1.44. The van der Waals surface area contributed by atoms with Crippen molar-refractivity contribution in [3.05, 3.63) is 53.5 Å². The number of aliphatic hydroxyl groups is 1. The molecule has 2 aromatic rings. The van der Waals surface area contributed by atoms with Crippen molar-refractivity contribution >= 4 is 17.5 Å². The highest BCUT2D eigenvalue weighted by Crippen LogP contribution is 2.16. The van der Waals surface area contributed by atoms with Gasteiger partial charge in [-0.2, -0.15) is 0 Å². The van der Waals surface area contributed by atoms with Crippen molar-refractivity contribution in [1.82, 2.24) is 5.32 Å². The molecule has 23 heavy (non-hydrogen) atoms. The number of aliphatic hydroxyl groups excluding tert-OH is 1. The standard InChI is InChI=1S/C15H14F2N2O4/c1-8-2-5-13(23-8)12(20)7-18-14(21)15(22)19-11-4-3-9(16)6-10(11)17/h2-6,12,20H,7H2,1H3,(H,18,21)(H,19,22). The Kier molecular flexibility index (Phi) is 5.07. The molecule has 0 bridgehead atoms. The molecule has 0 saturated heterocycles. The number of aryl methyl sites for hydroxylation is 1. The van der Waals surface area contributed by atoms with E-state index in [2.05, 4.69) is 5.32 Å². The fraction of sp³-hybridized carbons (Fsp3) is 0.200. The summed E-state index contributed by atoms with van der Waals surface area (Å²) in [5.41, 5.74) is -0.325. The molecule has 0 radical (unpaired) electrons. The number of halogens is 2. The zero-order valence-corrected chi connectivity index (χ0v) is 12.1. The molecule has 1 unspecified atom stereocenters. The highest BCUT2D eigenvalue weighted by Gasteiger charge is 2.18. The van der Waals surface area contributed by atoms with Crippen LogP contribution in [0.2, 0.25) is 0 Å². The summed E-state index contributed by atoms with van der Waals surface area (Å²) < 4.78 is 31.3. The fourth-order valence-corrected chi connectivity index (χ4v) is 1.77. The lowest BCUT2D eigenvalue weighted by Crippen LogP contribution is -2.37. The molecule has 1 atom stereocenters. The number of amides is 2. The Morgan fingerprint density at radius 2 is 1.96 bits per heavy atom. The molecule has 2 amide bonds. The van der Waals surface area contributed by atoms with E-state index in [-0.39, 0.29) is 18.0 Å². The number of anilines is 1. The summed E-state index contributed by atoms with van der Waals surface area (Å²) in [5, 5.41) is 14.0. The molecule has 1 aromatic carbocycles. The van der Waals surface area contributed by atoms with Gasteiger partial charge < -0.3 is 20.2 Å². The number of furan rings is 1. The number of carbonyl (C=O) groups is 2. The van der Waals surface area contributed by atoms with E-state index in [1.54, 1.807) is 19.1 Å². The van der Waals surface area contributed by atoms with Gasteiger partial charge in [-0.25, -0.2) is 8.78 Å². The first-order valence-corrected chi connectivity index (χ1v) is 6.65. The van der Waals surface area contributed by atoms with Crippen LogP contribution < -0.4 is 10.6 Å². The number of hydrogen-bond donors (Lipinski definition) is 3. The van der Waals surface area contributed by atoms with Crippen molar-refractivity contribution in [2.24, 2.45) is 0 Å². The molecule has 0 aliphatic rings. The van der Waals surface area contributed by atoms with Crippen LogP contribution in [0.4, 0.5) is 14.5 Å². The van der Waals surface area contributed by atoms with Gasteiger partial charge in [0, 0.05) is 6.07 Å². The number of hydrogen-bond acceptors (Lipinski definition) is 4. The molecule has 2 rings (SSSR count). The molecule has 122 valence electrons. The number of nitrogens with one attached hydrogen (secondary N) is 2. The third-order valence-corrected chi connectivity index (χ3v) is 2.93. The van der Waals surface area contributed by atoms with Crippen molar-refractivity contribution in [2.45, 2.75) is 13.0 Å². The monoisotopic (exact) mass is 324 g/mol. The Morgan fingerprint density at radius 3 is 2.57 bits per heavy atom. The van der Waals surface area contributed by atoms with E-state index < -0.39 is 29.6 Å². The van der Waals surface area contributed by atoms with Crippen LogP contribution in [-0.4, -0.2) is 23.5 Å². The average molecular weight is 324 g/mol. The van der Waals surface area contributed by atoms with Crippen molar-refractivity contribution in [1.29, 1.82) is 0 Å². The third-order valence-electron chi connectivity index (χ3n) is 2.93. The summed E-state index contributed by atoms with van der Waals surface area (Å²) in [4.78, 5) is 23.2. The Hall–Kier alpha value is -2.74. The van der Waals surface area contributed by atoms with Gasteiger partial charge in [0.05, 0.1) is 12.2 Å². The van der Waals surface area contributed by atoms with Crippen LogP contribution in [0.25, 0.3) is 0 Å². The van der Waals surface area contributed by atoms with Gasteiger partial charge in [0.15, 0.2) is 0 Å². The maximum Gasteiger partial charge on any atom is 0.313 e. The molecule has 0 spiro atoms. The summed E-state index contributed by atoms with van der Waals surface area (Å²) in [5.74, 6) is -3.18. The number of carbonyl (C=O) groups excluding carboxylic acids is 2. The van der Waals surface area contributed by atoms with Gasteiger partial charge in [0.25, 0.3) is 0 Å². The Bertz CT molecular complexity index is 730. The van der Waals surface area contributed by atoms with E-state index in [0.717, 1.165) is 12.1 Å². The molecule has 6 nitrogen and oxygen atoms in total. The largest absolute Gasteiger partial charge is 0.464 e. The molecule has 0 fully saturated rings. The highest BCUT2D eigenvalue weighted by atomic mass is 19.1. The van der Waals surface area contributed by atoms with Crippen molar-refractivity contribution in [3.8, 4) is 0 Å². The minimum absolute atomic E-state index is 0.243. The van der Waals surface area contributed by atoms with Gasteiger partial charge in [0.2, 0.25) is 0 Å². The summed E-state index contributed by atoms with van der Waals surface area (Å²) in [6, 6.07) is 5.71. The fourth-order valence-electron chi connectivity index (χ4n) is 1.77. The smallest absolute Gasteiger partial charge is 0.313 e. The van der Waals surface area contributed by atoms with E-state index in [9.17, 15) is 23.5 Å². The number of benzene rings is 1. The van der Waals surface area contributed by atoms with Crippen LogP contribution in [0, 0.1) is 18.6 Å². The molecule has 0 saturated carbocycles. The molecule has 8 heteroatoms. The Labute approximate surface area is 130 Å². The van der Waals surface area contributed by atoms with Crippen LogP contribution in [-0.2, 0) is 9.59 Å². The molecular weight excluding hydrogens is 310 g/mol. The van der Waals surface area contributed by atoms with E-state index in [0.29, 0.717) is 11.8 Å². The predicted molar refractivity (Wildman–Crippen MR) is 76.4 cm³/mol. The van der Waals surface area contributed by atoms with Crippen LogP contribution in [0.15, 0.2) is 34.7 Å².